The number of amides is 1. The summed E-state index contributed by atoms with van der Waals surface area (Å²) in [5.74, 6) is 0.950. The molecule has 3 aromatic rings. The molecule has 0 saturated heterocycles. The van der Waals surface area contributed by atoms with Crippen LogP contribution in [0.2, 0.25) is 0 Å². The van der Waals surface area contributed by atoms with Crippen LogP contribution in [0.4, 0.5) is 5.69 Å². The first kappa shape index (κ1) is 17.0. The van der Waals surface area contributed by atoms with Crippen LogP contribution < -0.4 is 10.1 Å². The maximum Gasteiger partial charge on any atom is 0.262 e. The lowest BCUT2D eigenvalue weighted by Crippen LogP contribution is -2.21. The van der Waals surface area contributed by atoms with Gasteiger partial charge in [0, 0.05) is 5.69 Å². The van der Waals surface area contributed by atoms with Crippen LogP contribution in [-0.4, -0.2) is 12.5 Å². The molecule has 1 N–H and O–H groups in total. The molecule has 0 aromatic heterocycles. The molecule has 1 atom stereocenters. The minimum atomic E-state index is -0.149. The highest BCUT2D eigenvalue weighted by Gasteiger charge is 2.11. The van der Waals surface area contributed by atoms with Crippen molar-refractivity contribution in [1.82, 2.24) is 0 Å². The highest BCUT2D eigenvalue weighted by Crippen LogP contribution is 2.26. The minimum Gasteiger partial charge on any atom is -0.484 e. The van der Waals surface area contributed by atoms with Gasteiger partial charge >= 0.3 is 0 Å². The summed E-state index contributed by atoms with van der Waals surface area (Å²) >= 11 is 0. The zero-order valence-corrected chi connectivity index (χ0v) is 14.7. The van der Waals surface area contributed by atoms with E-state index < -0.39 is 0 Å². The summed E-state index contributed by atoms with van der Waals surface area (Å²) < 4.78 is 5.66. The fraction of sp³-hybridized carbons (Fsp3) is 0.227. The smallest absolute Gasteiger partial charge is 0.262 e. The summed E-state index contributed by atoms with van der Waals surface area (Å²) in [4.78, 5) is 12.3. The number of benzene rings is 3. The fourth-order valence-electron chi connectivity index (χ4n) is 2.85. The van der Waals surface area contributed by atoms with E-state index in [4.69, 9.17) is 4.74 Å². The second-order valence-electron chi connectivity index (χ2n) is 6.24. The van der Waals surface area contributed by atoms with Gasteiger partial charge < -0.3 is 10.1 Å². The number of hydrogen-bond acceptors (Lipinski definition) is 2. The van der Waals surface area contributed by atoms with E-state index in [1.807, 2.05) is 54.6 Å². The molecule has 1 amide bonds. The van der Waals surface area contributed by atoms with E-state index >= 15 is 0 Å². The molecular formula is C22H23NO2. The van der Waals surface area contributed by atoms with Crippen molar-refractivity contribution in [2.45, 2.75) is 26.2 Å². The third-order valence-corrected chi connectivity index (χ3v) is 4.47. The van der Waals surface area contributed by atoms with Gasteiger partial charge in [0.25, 0.3) is 5.91 Å². The number of carbonyl (C=O) groups is 1. The summed E-state index contributed by atoms with van der Waals surface area (Å²) in [7, 11) is 0. The number of rotatable bonds is 6. The van der Waals surface area contributed by atoms with Crippen molar-refractivity contribution >= 4 is 22.4 Å². The minimum absolute atomic E-state index is 0.00677. The van der Waals surface area contributed by atoms with Crippen molar-refractivity contribution in [3.8, 4) is 5.75 Å². The highest BCUT2D eigenvalue weighted by atomic mass is 16.5. The van der Waals surface area contributed by atoms with Crippen molar-refractivity contribution in [2.24, 2.45) is 0 Å². The Bertz CT molecular complexity index is 873. The number of para-hydroxylation sites is 1. The first-order chi connectivity index (χ1) is 12.2. The van der Waals surface area contributed by atoms with Crippen LogP contribution >= 0.6 is 0 Å². The SMILES string of the molecule is CC[C@@H](C)c1ccccc1NC(=O)COc1ccc2ccccc2c1. The maximum atomic E-state index is 12.3. The lowest BCUT2D eigenvalue weighted by molar-refractivity contribution is -0.118. The molecule has 0 saturated carbocycles. The Morgan fingerprint density at radius 2 is 1.72 bits per heavy atom. The summed E-state index contributed by atoms with van der Waals surface area (Å²) in [6.45, 7) is 4.30. The quantitative estimate of drug-likeness (QED) is 0.658. The lowest BCUT2D eigenvalue weighted by atomic mass is 9.97. The molecule has 3 aromatic carbocycles. The Morgan fingerprint density at radius 3 is 2.52 bits per heavy atom. The zero-order valence-electron chi connectivity index (χ0n) is 14.7. The number of fused-ring (bicyclic) bond motifs is 1. The van der Waals surface area contributed by atoms with Gasteiger partial charge in [-0.2, -0.15) is 0 Å². The van der Waals surface area contributed by atoms with Gasteiger partial charge in [-0.05, 0) is 46.9 Å². The third-order valence-electron chi connectivity index (χ3n) is 4.47. The maximum absolute atomic E-state index is 12.3. The Morgan fingerprint density at radius 1 is 1.00 bits per heavy atom. The Hall–Kier alpha value is -2.81. The summed E-state index contributed by atoms with van der Waals surface area (Å²) in [5, 5.41) is 5.22. The van der Waals surface area contributed by atoms with E-state index in [0.29, 0.717) is 11.7 Å². The van der Waals surface area contributed by atoms with Gasteiger partial charge in [-0.15, -0.1) is 0 Å². The summed E-state index contributed by atoms with van der Waals surface area (Å²) in [5.41, 5.74) is 2.02. The number of carbonyl (C=O) groups excluding carboxylic acids is 1. The molecule has 0 unspecified atom stereocenters. The normalized spacial score (nSPS) is 11.9. The summed E-state index contributed by atoms with van der Waals surface area (Å²) in [6.07, 6.45) is 1.03. The molecule has 0 aliphatic carbocycles. The molecule has 0 fully saturated rings. The van der Waals surface area contributed by atoms with E-state index in [-0.39, 0.29) is 12.5 Å². The standard InChI is InChI=1S/C22H23NO2/c1-3-16(2)20-10-6-7-11-21(20)23-22(24)15-25-19-13-12-17-8-4-5-9-18(17)14-19/h4-14,16H,3,15H2,1-2H3,(H,23,24)/t16-/m1/s1. The molecule has 3 heteroatoms. The topological polar surface area (TPSA) is 38.3 Å². The van der Waals surface area contributed by atoms with Gasteiger partial charge in [-0.3, -0.25) is 4.79 Å². The van der Waals surface area contributed by atoms with Gasteiger partial charge in [0.1, 0.15) is 5.75 Å². The van der Waals surface area contributed by atoms with Crippen molar-refractivity contribution in [3.05, 3.63) is 72.3 Å². The van der Waals surface area contributed by atoms with Gasteiger partial charge in [0.15, 0.2) is 6.61 Å². The van der Waals surface area contributed by atoms with Crippen molar-refractivity contribution in [2.75, 3.05) is 11.9 Å². The predicted molar refractivity (Wildman–Crippen MR) is 103 cm³/mol. The molecule has 0 aliphatic rings. The zero-order chi connectivity index (χ0) is 17.6. The molecular weight excluding hydrogens is 310 g/mol. The largest absolute Gasteiger partial charge is 0.484 e. The second kappa shape index (κ2) is 7.84. The average Bonchev–Trinajstić information content (AvgIpc) is 2.66. The van der Waals surface area contributed by atoms with E-state index in [1.54, 1.807) is 0 Å². The predicted octanol–water partition coefficient (Wildman–Crippen LogP) is 5.37. The van der Waals surface area contributed by atoms with Crippen LogP contribution in [-0.2, 0) is 4.79 Å². The first-order valence-electron chi connectivity index (χ1n) is 8.67. The Balaban J connectivity index is 1.65. The third kappa shape index (κ3) is 4.18. The van der Waals surface area contributed by atoms with Crippen LogP contribution in [0.25, 0.3) is 10.8 Å². The molecule has 0 heterocycles. The molecule has 3 nitrogen and oxygen atoms in total. The van der Waals surface area contributed by atoms with E-state index in [0.717, 1.165) is 28.4 Å². The molecule has 0 radical (unpaired) electrons. The first-order valence-corrected chi connectivity index (χ1v) is 8.67. The molecule has 0 aliphatic heterocycles. The fourth-order valence-corrected chi connectivity index (χ4v) is 2.85. The number of nitrogens with one attached hydrogen (secondary N) is 1. The van der Waals surface area contributed by atoms with Gasteiger partial charge in [-0.1, -0.05) is 62.4 Å². The average molecular weight is 333 g/mol. The Labute approximate surface area is 148 Å². The number of anilines is 1. The number of hydrogen-bond donors (Lipinski definition) is 1. The van der Waals surface area contributed by atoms with Crippen molar-refractivity contribution in [3.63, 3.8) is 0 Å². The second-order valence-corrected chi connectivity index (χ2v) is 6.24. The van der Waals surface area contributed by atoms with E-state index in [1.165, 1.54) is 0 Å². The van der Waals surface area contributed by atoms with E-state index in [9.17, 15) is 4.79 Å². The number of ether oxygens (including phenoxy) is 1. The molecule has 0 bridgehead atoms. The van der Waals surface area contributed by atoms with Crippen molar-refractivity contribution in [1.29, 1.82) is 0 Å². The summed E-state index contributed by atoms with van der Waals surface area (Å²) in [6, 6.07) is 21.9. The van der Waals surface area contributed by atoms with Crippen LogP contribution in [0.5, 0.6) is 5.75 Å². The van der Waals surface area contributed by atoms with Gasteiger partial charge in [0.05, 0.1) is 0 Å². The van der Waals surface area contributed by atoms with Crippen LogP contribution in [0.1, 0.15) is 31.7 Å². The van der Waals surface area contributed by atoms with Gasteiger partial charge in [0.2, 0.25) is 0 Å². The van der Waals surface area contributed by atoms with Crippen LogP contribution in [0.15, 0.2) is 66.7 Å². The van der Waals surface area contributed by atoms with E-state index in [2.05, 4.69) is 31.3 Å². The van der Waals surface area contributed by atoms with Gasteiger partial charge in [-0.25, -0.2) is 0 Å². The Kier molecular flexibility index (Phi) is 5.34. The molecule has 0 spiro atoms. The highest BCUT2D eigenvalue weighted by molar-refractivity contribution is 5.93. The lowest BCUT2D eigenvalue weighted by Gasteiger charge is -2.15. The van der Waals surface area contributed by atoms with Crippen LogP contribution in [0, 0.1) is 0 Å². The molecule has 3 rings (SSSR count). The monoisotopic (exact) mass is 333 g/mol. The molecule has 25 heavy (non-hydrogen) atoms. The molecule has 128 valence electrons. The van der Waals surface area contributed by atoms with Crippen LogP contribution in [0.3, 0.4) is 0 Å². The van der Waals surface area contributed by atoms with Crippen molar-refractivity contribution < 1.29 is 9.53 Å².